The highest BCUT2D eigenvalue weighted by Gasteiger charge is 2.11. The van der Waals surface area contributed by atoms with Gasteiger partial charge in [0, 0.05) is 13.6 Å². The van der Waals surface area contributed by atoms with Crippen LogP contribution in [0.1, 0.15) is 12.6 Å². The van der Waals surface area contributed by atoms with Crippen LogP contribution in [0, 0.1) is 0 Å². The fourth-order valence-corrected chi connectivity index (χ4v) is 1.53. The first kappa shape index (κ1) is 14.1. The molecule has 1 aromatic rings. The monoisotopic (exact) mass is 263 g/mol. The molecule has 0 aliphatic carbocycles. The number of nitrogens with zero attached hydrogens (tertiary/aromatic N) is 2. The molecule has 0 spiro atoms. The first-order valence-corrected chi connectivity index (χ1v) is 5.77. The number of nitrogens with one attached hydrogen (secondary N) is 1. The van der Waals surface area contributed by atoms with Crippen LogP contribution in [-0.4, -0.2) is 31.5 Å². The van der Waals surface area contributed by atoms with Gasteiger partial charge in [-0.05, 0) is 18.7 Å². The largest absolute Gasteiger partial charge is 0.354 e. The second kappa shape index (κ2) is 6.71. The van der Waals surface area contributed by atoms with Crippen molar-refractivity contribution >= 4 is 17.4 Å². The number of rotatable bonds is 6. The Bertz CT molecular complexity index is 361. The Morgan fingerprint density at radius 1 is 1.47 bits per heavy atom. The summed E-state index contributed by atoms with van der Waals surface area (Å²) in [7, 11) is 1.58. The maximum Gasteiger partial charge on any atom is 0.255 e. The Morgan fingerprint density at radius 2 is 2.18 bits per heavy atom. The van der Waals surface area contributed by atoms with Crippen LogP contribution in [0.15, 0.2) is 12.1 Å². The zero-order valence-corrected chi connectivity index (χ0v) is 10.6. The first-order valence-electron chi connectivity index (χ1n) is 5.40. The minimum absolute atomic E-state index is 0.338. The van der Waals surface area contributed by atoms with Gasteiger partial charge in [0.2, 0.25) is 0 Å². The van der Waals surface area contributed by atoms with E-state index in [0.29, 0.717) is 23.1 Å². The van der Waals surface area contributed by atoms with Gasteiger partial charge < -0.3 is 10.2 Å². The quantitative estimate of drug-likeness (QED) is 0.855. The molecule has 0 saturated carbocycles. The lowest BCUT2D eigenvalue weighted by molar-refractivity contribution is 0.156. The van der Waals surface area contributed by atoms with E-state index in [2.05, 4.69) is 10.3 Å². The van der Waals surface area contributed by atoms with Crippen molar-refractivity contribution in [1.29, 1.82) is 0 Å². The molecule has 0 unspecified atom stereocenters. The Balaban J connectivity index is 2.80. The second-order valence-corrected chi connectivity index (χ2v) is 4.06. The average molecular weight is 264 g/mol. The van der Waals surface area contributed by atoms with Crippen molar-refractivity contribution in [2.45, 2.75) is 19.9 Å². The van der Waals surface area contributed by atoms with Gasteiger partial charge in [-0.1, -0.05) is 18.5 Å². The maximum atomic E-state index is 12.2. The molecule has 1 aromatic heterocycles. The molecule has 0 bridgehead atoms. The lowest BCUT2D eigenvalue weighted by Crippen LogP contribution is -2.25. The fraction of sp³-hybridized carbons (Fsp3) is 0.545. The van der Waals surface area contributed by atoms with Gasteiger partial charge in [-0.3, -0.25) is 0 Å². The number of pyridine rings is 1. The Morgan fingerprint density at radius 3 is 2.76 bits per heavy atom. The van der Waals surface area contributed by atoms with Crippen LogP contribution in [0.25, 0.3) is 0 Å². The topological polar surface area (TPSA) is 28.2 Å². The van der Waals surface area contributed by atoms with Gasteiger partial charge in [0.25, 0.3) is 6.43 Å². The van der Waals surface area contributed by atoms with E-state index in [-0.39, 0.29) is 6.54 Å². The summed E-state index contributed by atoms with van der Waals surface area (Å²) >= 11 is 5.97. The molecule has 1 N–H and O–H groups in total. The highest BCUT2D eigenvalue weighted by molar-refractivity contribution is 6.31. The minimum atomic E-state index is -2.38. The first-order chi connectivity index (χ1) is 8.04. The third-order valence-corrected chi connectivity index (χ3v) is 2.59. The summed E-state index contributed by atoms with van der Waals surface area (Å²) in [6.07, 6.45) is -2.38. The molecule has 6 heteroatoms. The Hall–Kier alpha value is -0.940. The smallest absolute Gasteiger partial charge is 0.255 e. The predicted octanol–water partition coefficient (Wildman–Crippen LogP) is 2.55. The minimum Gasteiger partial charge on any atom is -0.354 e. The van der Waals surface area contributed by atoms with E-state index in [4.69, 9.17) is 11.6 Å². The van der Waals surface area contributed by atoms with Crippen LogP contribution >= 0.6 is 11.6 Å². The van der Waals surface area contributed by atoms with E-state index in [9.17, 15) is 8.78 Å². The second-order valence-electron chi connectivity index (χ2n) is 3.65. The number of anilines is 1. The molecule has 0 fully saturated rings. The standard InChI is InChI=1S/C11H16ClF2N3/c1-3-15-6-9-8(12)4-5-11(16-9)17(2)7-10(13)14/h4-5,10,15H,3,6-7H2,1-2H3. The molecular formula is C11H16ClF2N3. The van der Waals surface area contributed by atoms with E-state index >= 15 is 0 Å². The predicted molar refractivity (Wildman–Crippen MR) is 65.9 cm³/mol. The van der Waals surface area contributed by atoms with Crippen LogP contribution < -0.4 is 10.2 Å². The zero-order chi connectivity index (χ0) is 12.8. The van der Waals surface area contributed by atoms with Gasteiger partial charge in [0.1, 0.15) is 5.82 Å². The molecule has 17 heavy (non-hydrogen) atoms. The van der Waals surface area contributed by atoms with Gasteiger partial charge in [0.15, 0.2) is 0 Å². The number of halogens is 3. The molecule has 0 aromatic carbocycles. The van der Waals surface area contributed by atoms with Crippen LogP contribution in [0.4, 0.5) is 14.6 Å². The van der Waals surface area contributed by atoms with Crippen molar-refractivity contribution in [3.8, 4) is 0 Å². The summed E-state index contributed by atoms with van der Waals surface area (Å²) in [6, 6.07) is 3.32. The van der Waals surface area contributed by atoms with Crippen molar-refractivity contribution in [3.05, 3.63) is 22.8 Å². The molecule has 96 valence electrons. The number of hydrogen-bond acceptors (Lipinski definition) is 3. The van der Waals surface area contributed by atoms with Crippen molar-refractivity contribution in [3.63, 3.8) is 0 Å². The van der Waals surface area contributed by atoms with Crippen molar-refractivity contribution in [2.75, 3.05) is 25.0 Å². The number of hydrogen-bond donors (Lipinski definition) is 1. The lowest BCUT2D eigenvalue weighted by atomic mass is 10.3. The van der Waals surface area contributed by atoms with E-state index < -0.39 is 6.43 Å². The van der Waals surface area contributed by atoms with E-state index in [1.54, 1.807) is 19.2 Å². The van der Waals surface area contributed by atoms with Crippen LogP contribution in [0.2, 0.25) is 5.02 Å². The maximum absolute atomic E-state index is 12.2. The van der Waals surface area contributed by atoms with Crippen molar-refractivity contribution in [2.24, 2.45) is 0 Å². The molecule has 1 rings (SSSR count). The lowest BCUT2D eigenvalue weighted by Gasteiger charge is -2.18. The average Bonchev–Trinajstić information content (AvgIpc) is 2.27. The van der Waals surface area contributed by atoms with Crippen LogP contribution in [0.5, 0.6) is 0 Å². The number of aromatic nitrogens is 1. The van der Waals surface area contributed by atoms with Crippen molar-refractivity contribution in [1.82, 2.24) is 10.3 Å². The van der Waals surface area contributed by atoms with E-state index in [1.165, 1.54) is 4.90 Å². The highest BCUT2D eigenvalue weighted by Crippen LogP contribution is 2.19. The molecule has 0 aliphatic rings. The summed E-state index contributed by atoms with van der Waals surface area (Å²) in [4.78, 5) is 5.67. The van der Waals surface area contributed by atoms with Gasteiger partial charge in [-0.25, -0.2) is 13.8 Å². The number of alkyl halides is 2. The Kier molecular flexibility index (Phi) is 5.58. The third kappa shape index (κ3) is 4.44. The third-order valence-electron chi connectivity index (χ3n) is 2.25. The van der Waals surface area contributed by atoms with Crippen LogP contribution in [-0.2, 0) is 6.54 Å². The van der Waals surface area contributed by atoms with E-state index in [1.807, 2.05) is 6.92 Å². The molecule has 0 radical (unpaired) electrons. The molecular weight excluding hydrogens is 248 g/mol. The van der Waals surface area contributed by atoms with Gasteiger partial charge in [-0.2, -0.15) is 0 Å². The normalized spacial score (nSPS) is 10.9. The SMILES string of the molecule is CCNCc1nc(N(C)CC(F)F)ccc1Cl. The van der Waals surface area contributed by atoms with Gasteiger partial charge in [-0.15, -0.1) is 0 Å². The molecule has 0 saturated heterocycles. The molecule has 1 heterocycles. The summed E-state index contributed by atoms with van der Waals surface area (Å²) in [6.45, 7) is 2.97. The summed E-state index contributed by atoms with van der Waals surface area (Å²) in [5, 5.41) is 3.64. The molecule has 0 amide bonds. The van der Waals surface area contributed by atoms with Gasteiger partial charge in [0.05, 0.1) is 17.3 Å². The molecule has 0 aliphatic heterocycles. The highest BCUT2D eigenvalue weighted by atomic mass is 35.5. The van der Waals surface area contributed by atoms with E-state index in [0.717, 1.165) is 6.54 Å². The zero-order valence-electron chi connectivity index (χ0n) is 9.88. The molecule has 0 atom stereocenters. The van der Waals surface area contributed by atoms with Crippen LogP contribution in [0.3, 0.4) is 0 Å². The molecule has 3 nitrogen and oxygen atoms in total. The summed E-state index contributed by atoms with van der Waals surface area (Å²) in [5.74, 6) is 0.502. The fourth-order valence-electron chi connectivity index (χ4n) is 1.35. The summed E-state index contributed by atoms with van der Waals surface area (Å²) < 4.78 is 24.5. The Labute approximate surface area is 105 Å². The van der Waals surface area contributed by atoms with Crippen molar-refractivity contribution < 1.29 is 8.78 Å². The van der Waals surface area contributed by atoms with Gasteiger partial charge >= 0.3 is 0 Å². The summed E-state index contributed by atoms with van der Waals surface area (Å²) in [5.41, 5.74) is 0.673.